The van der Waals surface area contributed by atoms with Crippen LogP contribution in [0.15, 0.2) is 18.2 Å². The number of nitrogens with one attached hydrogen (secondary N) is 1. The highest BCUT2D eigenvalue weighted by atomic mass is 35.5. The molecule has 2 rings (SSSR count). The third-order valence-corrected chi connectivity index (χ3v) is 4.20. The van der Waals surface area contributed by atoms with Gasteiger partial charge in [0.1, 0.15) is 5.15 Å². The lowest BCUT2D eigenvalue weighted by Gasteiger charge is -2.21. The average Bonchev–Trinajstić information content (AvgIpc) is 2.61. The summed E-state index contributed by atoms with van der Waals surface area (Å²) in [5.74, 6) is 0. The minimum Gasteiger partial charge on any atom is -0.310 e. The summed E-state index contributed by atoms with van der Waals surface area (Å²) >= 11 is 7.61. The minimum atomic E-state index is -0.0160. The zero-order chi connectivity index (χ0) is 11.1. The Kier molecular flexibility index (Phi) is 2.71. The van der Waals surface area contributed by atoms with Gasteiger partial charge in [-0.1, -0.05) is 11.6 Å². The number of fused-ring (bicyclic) bond motifs is 1. The van der Waals surface area contributed by atoms with Crippen LogP contribution in [-0.4, -0.2) is 12.0 Å². The Morgan fingerprint density at radius 1 is 1.40 bits per heavy atom. The Hall–Kier alpha value is -0.640. The van der Waals surface area contributed by atoms with Crippen molar-refractivity contribution in [2.24, 2.45) is 0 Å². The smallest absolute Gasteiger partial charge is 0.129 e. The van der Waals surface area contributed by atoms with Crippen molar-refractivity contribution in [2.75, 3.05) is 7.05 Å². The summed E-state index contributed by atoms with van der Waals surface area (Å²) < 4.78 is 1.18. The number of aromatic nitrogens is 1. The number of hydrogen-bond acceptors (Lipinski definition) is 3. The summed E-state index contributed by atoms with van der Waals surface area (Å²) in [5.41, 5.74) is 0.962. The van der Waals surface area contributed by atoms with Crippen molar-refractivity contribution in [2.45, 2.75) is 19.4 Å². The van der Waals surface area contributed by atoms with Crippen LogP contribution in [0.2, 0.25) is 5.15 Å². The maximum atomic E-state index is 5.85. The summed E-state index contributed by atoms with van der Waals surface area (Å²) in [6, 6.07) is 5.95. The molecule has 1 N–H and O–H groups in total. The van der Waals surface area contributed by atoms with E-state index in [9.17, 15) is 0 Å². The first-order valence-electron chi connectivity index (χ1n) is 4.78. The van der Waals surface area contributed by atoms with Crippen molar-refractivity contribution >= 4 is 33.2 Å². The molecule has 2 heterocycles. The van der Waals surface area contributed by atoms with Gasteiger partial charge in [0, 0.05) is 10.4 Å². The summed E-state index contributed by atoms with van der Waals surface area (Å²) in [6.07, 6.45) is 0. The summed E-state index contributed by atoms with van der Waals surface area (Å²) in [7, 11) is 1.96. The van der Waals surface area contributed by atoms with Crippen molar-refractivity contribution in [3.05, 3.63) is 28.2 Å². The Labute approximate surface area is 98.3 Å². The zero-order valence-corrected chi connectivity index (χ0v) is 10.5. The number of hydrogen-bond donors (Lipinski definition) is 1. The van der Waals surface area contributed by atoms with E-state index in [2.05, 4.69) is 30.2 Å². The highest BCUT2D eigenvalue weighted by molar-refractivity contribution is 7.19. The topological polar surface area (TPSA) is 24.9 Å². The molecular weight excluding hydrogens is 228 g/mol. The van der Waals surface area contributed by atoms with Gasteiger partial charge in [-0.25, -0.2) is 4.98 Å². The largest absolute Gasteiger partial charge is 0.310 e. The van der Waals surface area contributed by atoms with Crippen molar-refractivity contribution in [3.8, 4) is 0 Å². The lowest BCUT2D eigenvalue weighted by molar-refractivity contribution is 0.454. The van der Waals surface area contributed by atoms with Crippen LogP contribution < -0.4 is 5.32 Å². The van der Waals surface area contributed by atoms with Gasteiger partial charge in [-0.3, -0.25) is 0 Å². The van der Waals surface area contributed by atoms with E-state index < -0.39 is 0 Å². The molecule has 2 aromatic heterocycles. The van der Waals surface area contributed by atoms with E-state index in [-0.39, 0.29) is 5.54 Å². The normalized spacial score (nSPS) is 12.3. The van der Waals surface area contributed by atoms with Crippen LogP contribution >= 0.6 is 22.9 Å². The fourth-order valence-electron chi connectivity index (χ4n) is 1.33. The number of rotatable bonds is 2. The van der Waals surface area contributed by atoms with Gasteiger partial charge in [0.2, 0.25) is 0 Å². The monoisotopic (exact) mass is 240 g/mol. The summed E-state index contributed by atoms with van der Waals surface area (Å²) in [6.45, 7) is 4.30. The Morgan fingerprint density at radius 2 is 2.13 bits per heavy atom. The summed E-state index contributed by atoms with van der Waals surface area (Å²) in [5, 5.41) is 3.83. The second kappa shape index (κ2) is 3.74. The lowest BCUT2D eigenvalue weighted by atomic mass is 10.0. The maximum absolute atomic E-state index is 5.85. The van der Waals surface area contributed by atoms with Gasteiger partial charge in [-0.05, 0) is 39.1 Å². The van der Waals surface area contributed by atoms with E-state index in [1.54, 1.807) is 11.3 Å². The molecule has 2 aromatic rings. The molecule has 2 nitrogen and oxygen atoms in total. The fraction of sp³-hybridized carbons (Fsp3) is 0.364. The Bertz CT molecular complexity index is 490. The highest BCUT2D eigenvalue weighted by Crippen LogP contribution is 2.32. The van der Waals surface area contributed by atoms with Crippen LogP contribution in [0.25, 0.3) is 10.2 Å². The van der Waals surface area contributed by atoms with Gasteiger partial charge in [-0.15, -0.1) is 11.3 Å². The van der Waals surface area contributed by atoms with E-state index in [0.717, 1.165) is 5.52 Å². The second-order valence-corrected chi connectivity index (χ2v) is 5.47. The van der Waals surface area contributed by atoms with Gasteiger partial charge in [-0.2, -0.15) is 0 Å². The van der Waals surface area contributed by atoms with E-state index in [1.165, 1.54) is 9.58 Å². The molecule has 80 valence electrons. The van der Waals surface area contributed by atoms with E-state index in [0.29, 0.717) is 5.15 Å². The van der Waals surface area contributed by atoms with Gasteiger partial charge in [0.05, 0.1) is 10.2 Å². The first-order valence-corrected chi connectivity index (χ1v) is 5.98. The Balaban J connectivity index is 2.56. The SMILES string of the molecule is CNC(C)(C)c1cc2nc(Cl)ccc2s1. The number of pyridine rings is 1. The van der Waals surface area contributed by atoms with Gasteiger partial charge < -0.3 is 5.32 Å². The molecular formula is C11H13ClN2S. The minimum absolute atomic E-state index is 0.0160. The molecule has 0 unspecified atom stereocenters. The van der Waals surface area contributed by atoms with Crippen molar-refractivity contribution in [1.82, 2.24) is 10.3 Å². The number of thiophene rings is 1. The number of halogens is 1. The van der Waals surface area contributed by atoms with E-state index >= 15 is 0 Å². The van der Waals surface area contributed by atoms with Crippen LogP contribution in [0.1, 0.15) is 18.7 Å². The Morgan fingerprint density at radius 3 is 2.80 bits per heavy atom. The summed E-state index contributed by atoms with van der Waals surface area (Å²) in [4.78, 5) is 5.57. The van der Waals surface area contributed by atoms with Crippen molar-refractivity contribution in [3.63, 3.8) is 0 Å². The highest BCUT2D eigenvalue weighted by Gasteiger charge is 2.20. The van der Waals surface area contributed by atoms with Crippen LogP contribution in [-0.2, 0) is 5.54 Å². The molecule has 15 heavy (non-hydrogen) atoms. The zero-order valence-electron chi connectivity index (χ0n) is 8.97. The molecule has 0 spiro atoms. The van der Waals surface area contributed by atoms with Crippen LogP contribution in [0, 0.1) is 0 Å². The van der Waals surface area contributed by atoms with Crippen molar-refractivity contribution < 1.29 is 0 Å². The molecule has 0 fully saturated rings. The van der Waals surface area contributed by atoms with E-state index in [1.807, 2.05) is 19.2 Å². The van der Waals surface area contributed by atoms with Crippen LogP contribution in [0.3, 0.4) is 0 Å². The molecule has 0 saturated carbocycles. The first kappa shape index (κ1) is 10.9. The van der Waals surface area contributed by atoms with Crippen LogP contribution in [0.4, 0.5) is 0 Å². The maximum Gasteiger partial charge on any atom is 0.129 e. The fourth-order valence-corrected chi connectivity index (χ4v) is 2.59. The molecule has 0 atom stereocenters. The lowest BCUT2D eigenvalue weighted by Crippen LogP contribution is -2.31. The van der Waals surface area contributed by atoms with Gasteiger partial charge in [0.25, 0.3) is 0 Å². The predicted molar refractivity (Wildman–Crippen MR) is 66.7 cm³/mol. The third-order valence-electron chi connectivity index (χ3n) is 2.58. The molecule has 0 aliphatic rings. The quantitative estimate of drug-likeness (QED) is 0.814. The molecule has 0 aromatic carbocycles. The average molecular weight is 241 g/mol. The van der Waals surface area contributed by atoms with Crippen molar-refractivity contribution in [1.29, 1.82) is 0 Å². The second-order valence-electron chi connectivity index (χ2n) is 4.00. The molecule has 0 aliphatic heterocycles. The molecule has 0 saturated heterocycles. The van der Waals surface area contributed by atoms with Crippen LogP contribution in [0.5, 0.6) is 0 Å². The predicted octanol–water partition coefficient (Wildman–Crippen LogP) is 3.40. The molecule has 0 aliphatic carbocycles. The standard InChI is InChI=1S/C11H13ClN2S/c1-11(2,13-3)9-6-7-8(15-9)4-5-10(12)14-7/h4-6,13H,1-3H3. The first-order chi connectivity index (χ1) is 7.03. The molecule has 0 radical (unpaired) electrons. The van der Waals surface area contributed by atoms with Gasteiger partial charge in [0.15, 0.2) is 0 Å². The molecule has 0 bridgehead atoms. The van der Waals surface area contributed by atoms with Gasteiger partial charge >= 0.3 is 0 Å². The number of nitrogens with zero attached hydrogens (tertiary/aromatic N) is 1. The molecule has 4 heteroatoms. The third kappa shape index (κ3) is 2.00. The van der Waals surface area contributed by atoms with E-state index in [4.69, 9.17) is 11.6 Å². The molecule has 0 amide bonds.